The summed E-state index contributed by atoms with van der Waals surface area (Å²) in [6, 6.07) is 8.95. The van der Waals surface area contributed by atoms with Gasteiger partial charge in [-0.15, -0.1) is 0 Å². The van der Waals surface area contributed by atoms with Gasteiger partial charge in [0.15, 0.2) is 0 Å². The van der Waals surface area contributed by atoms with Crippen LogP contribution in [-0.4, -0.2) is 41.3 Å². The Kier molecular flexibility index (Phi) is 6.01. The number of rotatable bonds is 7. The van der Waals surface area contributed by atoms with E-state index in [1.165, 1.54) is 17.0 Å². The summed E-state index contributed by atoms with van der Waals surface area (Å²) in [6.07, 6.45) is 2.82. The Hall–Kier alpha value is -2.67. The lowest BCUT2D eigenvalue weighted by atomic mass is 10.1. The molecule has 1 atom stereocenters. The van der Waals surface area contributed by atoms with Crippen molar-refractivity contribution >= 4 is 5.91 Å². The molecule has 0 spiro atoms. The molecule has 1 unspecified atom stereocenters. The number of nitrogens with zero attached hydrogens (tertiary/aromatic N) is 2. The van der Waals surface area contributed by atoms with Gasteiger partial charge in [-0.1, -0.05) is 0 Å². The van der Waals surface area contributed by atoms with Gasteiger partial charge in [0, 0.05) is 31.3 Å². The predicted molar refractivity (Wildman–Crippen MR) is 97.1 cm³/mol. The lowest BCUT2D eigenvalue weighted by molar-refractivity contribution is -0.130. The SMILES string of the molecule is CCOc1ccc(-c2cc(=O)n(CCNC(=O)C3CCCO3)cn2)cc1. The van der Waals surface area contributed by atoms with Crippen LogP contribution in [0.4, 0.5) is 0 Å². The molecule has 138 valence electrons. The van der Waals surface area contributed by atoms with Crippen molar-refractivity contribution < 1.29 is 14.3 Å². The van der Waals surface area contributed by atoms with E-state index in [-0.39, 0.29) is 17.6 Å². The number of carbonyl (C=O) groups excluding carboxylic acids is 1. The molecule has 0 saturated carbocycles. The molecule has 1 aromatic carbocycles. The maximum Gasteiger partial charge on any atom is 0.253 e. The van der Waals surface area contributed by atoms with Crippen LogP contribution in [0.5, 0.6) is 5.75 Å². The van der Waals surface area contributed by atoms with Crippen LogP contribution < -0.4 is 15.6 Å². The second-order valence-corrected chi connectivity index (χ2v) is 6.06. The number of hydrogen-bond donors (Lipinski definition) is 1. The van der Waals surface area contributed by atoms with Gasteiger partial charge in [-0.3, -0.25) is 14.2 Å². The fraction of sp³-hybridized carbons (Fsp3) is 0.421. The molecule has 1 aromatic heterocycles. The molecule has 7 nitrogen and oxygen atoms in total. The molecule has 1 aliphatic rings. The smallest absolute Gasteiger partial charge is 0.253 e. The molecule has 1 saturated heterocycles. The quantitative estimate of drug-likeness (QED) is 0.814. The van der Waals surface area contributed by atoms with Gasteiger partial charge in [-0.25, -0.2) is 4.98 Å². The van der Waals surface area contributed by atoms with Crippen LogP contribution in [0, 0.1) is 0 Å². The fourth-order valence-electron chi connectivity index (χ4n) is 2.84. The Bertz CT molecular complexity index is 795. The molecule has 2 aromatic rings. The summed E-state index contributed by atoms with van der Waals surface area (Å²) in [5.41, 5.74) is 1.30. The second kappa shape index (κ2) is 8.62. The maximum atomic E-state index is 12.3. The van der Waals surface area contributed by atoms with Crippen molar-refractivity contribution in [3.8, 4) is 17.0 Å². The standard InChI is InChI=1S/C19H23N3O4/c1-2-25-15-7-5-14(6-8-15)16-12-18(23)22(13-21-16)10-9-20-19(24)17-4-3-11-26-17/h5-8,12-13,17H,2-4,9-11H2,1H3,(H,20,24). The molecule has 3 rings (SSSR count). The van der Waals surface area contributed by atoms with E-state index >= 15 is 0 Å². The lowest BCUT2D eigenvalue weighted by Crippen LogP contribution is -2.37. The molecular formula is C19H23N3O4. The van der Waals surface area contributed by atoms with Crippen molar-refractivity contribution in [3.63, 3.8) is 0 Å². The van der Waals surface area contributed by atoms with Crippen molar-refractivity contribution in [3.05, 3.63) is 47.0 Å². The molecule has 1 fully saturated rings. The summed E-state index contributed by atoms with van der Waals surface area (Å²) in [7, 11) is 0. The topological polar surface area (TPSA) is 82.5 Å². The number of nitrogens with one attached hydrogen (secondary N) is 1. The molecular weight excluding hydrogens is 334 g/mol. The van der Waals surface area contributed by atoms with Crippen LogP contribution in [0.25, 0.3) is 11.3 Å². The molecule has 0 bridgehead atoms. The molecule has 0 aliphatic carbocycles. The van der Waals surface area contributed by atoms with E-state index in [1.54, 1.807) is 0 Å². The van der Waals surface area contributed by atoms with Crippen molar-refractivity contribution in [1.82, 2.24) is 14.9 Å². The summed E-state index contributed by atoms with van der Waals surface area (Å²) in [5, 5.41) is 2.80. The zero-order valence-corrected chi connectivity index (χ0v) is 14.8. The Morgan fingerprint density at radius 1 is 1.38 bits per heavy atom. The zero-order valence-electron chi connectivity index (χ0n) is 14.8. The fourth-order valence-corrected chi connectivity index (χ4v) is 2.84. The minimum Gasteiger partial charge on any atom is -0.494 e. The average molecular weight is 357 g/mol. The number of amides is 1. The Morgan fingerprint density at radius 3 is 2.85 bits per heavy atom. The average Bonchev–Trinajstić information content (AvgIpc) is 3.19. The van der Waals surface area contributed by atoms with Crippen LogP contribution in [0.15, 0.2) is 41.5 Å². The van der Waals surface area contributed by atoms with Gasteiger partial charge in [0.05, 0.1) is 18.6 Å². The van der Waals surface area contributed by atoms with Crippen LogP contribution >= 0.6 is 0 Å². The molecule has 1 aliphatic heterocycles. The highest BCUT2D eigenvalue weighted by atomic mass is 16.5. The minimum absolute atomic E-state index is 0.116. The van der Waals surface area contributed by atoms with Gasteiger partial charge in [0.25, 0.3) is 5.56 Å². The minimum atomic E-state index is -0.355. The van der Waals surface area contributed by atoms with Gasteiger partial charge in [-0.05, 0) is 44.0 Å². The third-order valence-corrected chi connectivity index (χ3v) is 4.21. The first-order valence-corrected chi connectivity index (χ1v) is 8.86. The summed E-state index contributed by atoms with van der Waals surface area (Å²) >= 11 is 0. The van der Waals surface area contributed by atoms with Crippen LogP contribution in [0.1, 0.15) is 19.8 Å². The molecule has 0 radical (unpaired) electrons. The molecule has 26 heavy (non-hydrogen) atoms. The van der Waals surface area contributed by atoms with E-state index in [1.807, 2.05) is 31.2 Å². The normalized spacial score (nSPS) is 16.4. The maximum absolute atomic E-state index is 12.3. The Labute approximate surface area is 152 Å². The van der Waals surface area contributed by atoms with Crippen molar-refractivity contribution in [1.29, 1.82) is 0 Å². The summed E-state index contributed by atoms with van der Waals surface area (Å²) in [6.45, 7) is 3.90. The third-order valence-electron chi connectivity index (χ3n) is 4.21. The van der Waals surface area contributed by atoms with E-state index in [0.717, 1.165) is 24.2 Å². The van der Waals surface area contributed by atoms with E-state index in [9.17, 15) is 9.59 Å². The molecule has 7 heteroatoms. The highest BCUT2D eigenvalue weighted by Gasteiger charge is 2.22. The summed E-state index contributed by atoms with van der Waals surface area (Å²) in [4.78, 5) is 28.5. The van der Waals surface area contributed by atoms with Gasteiger partial charge in [-0.2, -0.15) is 0 Å². The van der Waals surface area contributed by atoms with E-state index in [0.29, 0.717) is 32.0 Å². The van der Waals surface area contributed by atoms with E-state index in [4.69, 9.17) is 9.47 Å². The van der Waals surface area contributed by atoms with Crippen LogP contribution in [0.2, 0.25) is 0 Å². The summed E-state index contributed by atoms with van der Waals surface area (Å²) in [5.74, 6) is 0.668. The molecule has 1 amide bonds. The molecule has 1 N–H and O–H groups in total. The predicted octanol–water partition coefficient (Wildman–Crippen LogP) is 1.60. The number of carbonyl (C=O) groups is 1. The Morgan fingerprint density at radius 2 is 2.19 bits per heavy atom. The lowest BCUT2D eigenvalue weighted by Gasteiger charge is -2.11. The van der Waals surface area contributed by atoms with Gasteiger partial charge < -0.3 is 14.8 Å². The first kappa shape index (κ1) is 18.1. The highest BCUT2D eigenvalue weighted by molar-refractivity contribution is 5.80. The largest absolute Gasteiger partial charge is 0.494 e. The first-order chi connectivity index (χ1) is 12.7. The monoisotopic (exact) mass is 357 g/mol. The second-order valence-electron chi connectivity index (χ2n) is 6.06. The van der Waals surface area contributed by atoms with Gasteiger partial charge in [0.2, 0.25) is 5.91 Å². The number of benzene rings is 1. The third kappa shape index (κ3) is 4.49. The van der Waals surface area contributed by atoms with Crippen LogP contribution in [-0.2, 0) is 16.1 Å². The van der Waals surface area contributed by atoms with Crippen molar-refractivity contribution in [2.45, 2.75) is 32.4 Å². The van der Waals surface area contributed by atoms with Crippen molar-refractivity contribution in [2.24, 2.45) is 0 Å². The zero-order chi connectivity index (χ0) is 18.4. The Balaban J connectivity index is 1.58. The van der Waals surface area contributed by atoms with Gasteiger partial charge >= 0.3 is 0 Å². The van der Waals surface area contributed by atoms with Crippen molar-refractivity contribution in [2.75, 3.05) is 19.8 Å². The highest BCUT2D eigenvalue weighted by Crippen LogP contribution is 2.19. The molecule has 2 heterocycles. The number of hydrogen-bond acceptors (Lipinski definition) is 5. The first-order valence-electron chi connectivity index (χ1n) is 8.86. The number of aromatic nitrogens is 2. The van der Waals surface area contributed by atoms with Crippen LogP contribution in [0.3, 0.4) is 0 Å². The van der Waals surface area contributed by atoms with E-state index in [2.05, 4.69) is 10.3 Å². The van der Waals surface area contributed by atoms with E-state index < -0.39 is 0 Å². The summed E-state index contributed by atoms with van der Waals surface area (Å²) < 4.78 is 12.2. The van der Waals surface area contributed by atoms with Gasteiger partial charge in [0.1, 0.15) is 11.9 Å². The number of ether oxygens (including phenoxy) is 2.